The van der Waals surface area contributed by atoms with Gasteiger partial charge in [-0.1, -0.05) is 32.9 Å². The lowest BCUT2D eigenvalue weighted by atomic mass is 10.1. The van der Waals surface area contributed by atoms with Crippen LogP contribution >= 0.6 is 11.8 Å². The van der Waals surface area contributed by atoms with Gasteiger partial charge in [0, 0.05) is 17.4 Å². The van der Waals surface area contributed by atoms with Gasteiger partial charge in [-0.25, -0.2) is 8.78 Å². The highest BCUT2D eigenvalue weighted by molar-refractivity contribution is 7.99. The molecule has 1 nitrogen and oxygen atoms in total. The first-order valence-electron chi connectivity index (χ1n) is 6.35. The van der Waals surface area contributed by atoms with Crippen molar-refractivity contribution in [2.45, 2.75) is 38.5 Å². The predicted octanol–water partition coefficient (Wildman–Crippen LogP) is 4.15. The summed E-state index contributed by atoms with van der Waals surface area (Å²) in [5.74, 6) is -0.751. The van der Waals surface area contributed by atoms with Crippen molar-refractivity contribution in [3.63, 3.8) is 0 Å². The molecule has 4 heteroatoms. The first kappa shape index (κ1) is 15.4. The first-order chi connectivity index (χ1) is 8.56. The second-order valence-electron chi connectivity index (χ2n) is 4.53. The number of nitrogens with one attached hydrogen (secondary N) is 1. The SMILES string of the molecule is CCCNC(CSC(C)C)c1cccc(F)c1F. The van der Waals surface area contributed by atoms with E-state index in [-0.39, 0.29) is 6.04 Å². The summed E-state index contributed by atoms with van der Waals surface area (Å²) in [5, 5.41) is 3.76. The average Bonchev–Trinajstić information content (AvgIpc) is 2.33. The maximum atomic E-state index is 13.8. The molecule has 1 aromatic rings. The van der Waals surface area contributed by atoms with E-state index in [1.807, 2.05) is 0 Å². The molecule has 18 heavy (non-hydrogen) atoms. The van der Waals surface area contributed by atoms with Crippen LogP contribution < -0.4 is 5.32 Å². The van der Waals surface area contributed by atoms with Crippen molar-refractivity contribution in [1.29, 1.82) is 0 Å². The van der Waals surface area contributed by atoms with Crippen LogP contribution in [0.4, 0.5) is 8.78 Å². The number of rotatable bonds is 7. The molecule has 102 valence electrons. The van der Waals surface area contributed by atoms with Crippen LogP contribution in [0.5, 0.6) is 0 Å². The zero-order valence-electron chi connectivity index (χ0n) is 11.2. The molecule has 0 radical (unpaired) electrons. The van der Waals surface area contributed by atoms with E-state index in [0.29, 0.717) is 10.8 Å². The van der Waals surface area contributed by atoms with Crippen molar-refractivity contribution in [3.8, 4) is 0 Å². The summed E-state index contributed by atoms with van der Waals surface area (Å²) in [5.41, 5.74) is 0.427. The number of hydrogen-bond acceptors (Lipinski definition) is 2. The first-order valence-corrected chi connectivity index (χ1v) is 7.40. The zero-order valence-corrected chi connectivity index (χ0v) is 12.0. The van der Waals surface area contributed by atoms with E-state index in [2.05, 4.69) is 26.1 Å². The molecule has 1 aromatic carbocycles. The molecule has 1 rings (SSSR count). The van der Waals surface area contributed by atoms with Crippen molar-refractivity contribution < 1.29 is 8.78 Å². The highest BCUT2D eigenvalue weighted by Crippen LogP contribution is 2.24. The largest absolute Gasteiger partial charge is 0.309 e. The predicted molar refractivity (Wildman–Crippen MR) is 75.0 cm³/mol. The van der Waals surface area contributed by atoms with Gasteiger partial charge in [-0.2, -0.15) is 11.8 Å². The topological polar surface area (TPSA) is 12.0 Å². The molecule has 0 aromatic heterocycles. The van der Waals surface area contributed by atoms with Crippen molar-refractivity contribution in [2.75, 3.05) is 12.3 Å². The van der Waals surface area contributed by atoms with Gasteiger partial charge in [0.15, 0.2) is 11.6 Å². The van der Waals surface area contributed by atoms with Crippen molar-refractivity contribution in [2.24, 2.45) is 0 Å². The average molecular weight is 273 g/mol. The van der Waals surface area contributed by atoms with Crippen LogP contribution in [0.1, 0.15) is 38.8 Å². The van der Waals surface area contributed by atoms with Crippen LogP contribution in [0.3, 0.4) is 0 Å². The van der Waals surface area contributed by atoms with Crippen LogP contribution in [0.25, 0.3) is 0 Å². The molecule has 0 amide bonds. The number of thioether (sulfide) groups is 1. The molecule has 0 spiro atoms. The molecule has 0 heterocycles. The molecule has 1 unspecified atom stereocenters. The number of hydrogen-bond donors (Lipinski definition) is 1. The normalized spacial score (nSPS) is 13.0. The van der Waals surface area contributed by atoms with Gasteiger partial charge in [-0.3, -0.25) is 0 Å². The summed E-state index contributed by atoms with van der Waals surface area (Å²) >= 11 is 1.75. The van der Waals surface area contributed by atoms with Gasteiger partial charge in [-0.05, 0) is 24.3 Å². The highest BCUT2D eigenvalue weighted by Gasteiger charge is 2.18. The fourth-order valence-corrected chi connectivity index (χ4v) is 2.53. The quantitative estimate of drug-likeness (QED) is 0.801. The van der Waals surface area contributed by atoms with Crippen molar-refractivity contribution in [1.82, 2.24) is 5.32 Å². The van der Waals surface area contributed by atoms with E-state index < -0.39 is 11.6 Å². The summed E-state index contributed by atoms with van der Waals surface area (Å²) in [6.07, 6.45) is 0.972. The molecule has 0 aliphatic carbocycles. The van der Waals surface area contributed by atoms with Gasteiger partial charge in [0.1, 0.15) is 0 Å². The Hall–Kier alpha value is -0.610. The second-order valence-corrected chi connectivity index (χ2v) is 6.14. The Bertz CT molecular complexity index is 369. The molecule has 0 fully saturated rings. The second kappa shape index (κ2) is 7.74. The molecule has 0 aliphatic heterocycles. The lowest BCUT2D eigenvalue weighted by molar-refractivity contribution is 0.475. The van der Waals surface area contributed by atoms with Crippen LogP contribution in [0.15, 0.2) is 18.2 Å². The lowest BCUT2D eigenvalue weighted by Gasteiger charge is -2.20. The Morgan fingerprint density at radius 2 is 2.00 bits per heavy atom. The molecular formula is C14H21F2NS. The van der Waals surface area contributed by atoms with E-state index in [0.717, 1.165) is 24.8 Å². The van der Waals surface area contributed by atoms with Crippen LogP contribution in [-0.2, 0) is 0 Å². The monoisotopic (exact) mass is 273 g/mol. The Labute approximate surface area is 112 Å². The third-order valence-electron chi connectivity index (χ3n) is 2.59. The maximum Gasteiger partial charge on any atom is 0.163 e. The molecule has 0 saturated carbocycles. The van der Waals surface area contributed by atoms with Crippen LogP contribution in [0, 0.1) is 11.6 Å². The molecule has 0 aliphatic rings. The Morgan fingerprint density at radius 3 is 2.61 bits per heavy atom. The summed E-state index contributed by atoms with van der Waals surface area (Å²) < 4.78 is 27.0. The zero-order chi connectivity index (χ0) is 13.5. The third-order valence-corrected chi connectivity index (χ3v) is 3.79. The van der Waals surface area contributed by atoms with E-state index >= 15 is 0 Å². The van der Waals surface area contributed by atoms with Gasteiger partial charge < -0.3 is 5.32 Å². The standard InChI is InChI=1S/C14H21F2NS/c1-4-8-17-13(9-18-10(2)3)11-6-5-7-12(15)14(11)16/h5-7,10,13,17H,4,8-9H2,1-3H3. The van der Waals surface area contributed by atoms with Gasteiger partial charge in [0.2, 0.25) is 0 Å². The number of halogens is 2. The summed E-state index contributed by atoms with van der Waals surface area (Å²) in [6.45, 7) is 7.06. The summed E-state index contributed by atoms with van der Waals surface area (Å²) in [4.78, 5) is 0. The summed E-state index contributed by atoms with van der Waals surface area (Å²) in [6, 6.07) is 4.25. The van der Waals surface area contributed by atoms with E-state index in [4.69, 9.17) is 0 Å². The van der Waals surface area contributed by atoms with E-state index in [9.17, 15) is 8.78 Å². The fraction of sp³-hybridized carbons (Fsp3) is 0.571. The minimum absolute atomic E-state index is 0.131. The van der Waals surface area contributed by atoms with E-state index in [1.54, 1.807) is 23.9 Å². The molecule has 1 atom stereocenters. The Morgan fingerprint density at radius 1 is 1.28 bits per heavy atom. The van der Waals surface area contributed by atoms with Gasteiger partial charge in [0.25, 0.3) is 0 Å². The van der Waals surface area contributed by atoms with Gasteiger partial charge >= 0.3 is 0 Å². The van der Waals surface area contributed by atoms with Gasteiger partial charge in [0.05, 0.1) is 0 Å². The van der Waals surface area contributed by atoms with Crippen molar-refractivity contribution in [3.05, 3.63) is 35.4 Å². The lowest BCUT2D eigenvalue weighted by Crippen LogP contribution is -2.25. The number of benzene rings is 1. The third kappa shape index (κ3) is 4.58. The minimum Gasteiger partial charge on any atom is -0.309 e. The van der Waals surface area contributed by atoms with Crippen LogP contribution in [-0.4, -0.2) is 17.5 Å². The molecule has 1 N–H and O–H groups in total. The summed E-state index contributed by atoms with van der Waals surface area (Å²) in [7, 11) is 0. The smallest absolute Gasteiger partial charge is 0.163 e. The minimum atomic E-state index is -0.773. The maximum absolute atomic E-state index is 13.8. The fourth-order valence-electron chi connectivity index (χ4n) is 1.66. The van der Waals surface area contributed by atoms with Crippen molar-refractivity contribution >= 4 is 11.8 Å². The Kier molecular flexibility index (Phi) is 6.65. The Balaban J connectivity index is 2.83. The molecular weight excluding hydrogens is 252 g/mol. The van der Waals surface area contributed by atoms with E-state index in [1.165, 1.54) is 0 Å². The van der Waals surface area contributed by atoms with Gasteiger partial charge in [-0.15, -0.1) is 0 Å². The van der Waals surface area contributed by atoms with Crippen LogP contribution in [0.2, 0.25) is 0 Å². The molecule has 0 saturated heterocycles. The molecule has 0 bridgehead atoms. The highest BCUT2D eigenvalue weighted by atomic mass is 32.2.